The van der Waals surface area contributed by atoms with Gasteiger partial charge in [0.15, 0.2) is 0 Å². The molecule has 0 aliphatic rings. The van der Waals surface area contributed by atoms with Crippen molar-refractivity contribution in [2.45, 2.75) is 19.9 Å². The van der Waals surface area contributed by atoms with Crippen molar-refractivity contribution < 1.29 is 4.79 Å². The number of carbonyl (C=O) groups excluding carboxylic acids is 1. The van der Waals surface area contributed by atoms with Gasteiger partial charge in [-0.2, -0.15) is 0 Å². The lowest BCUT2D eigenvalue weighted by molar-refractivity contribution is 0.0936. The molecule has 1 heterocycles. The monoisotopic (exact) mass is 328 g/mol. The van der Waals surface area contributed by atoms with Gasteiger partial charge < -0.3 is 10.3 Å². The van der Waals surface area contributed by atoms with Crippen molar-refractivity contribution in [3.05, 3.63) is 83.6 Å². The number of rotatable bonds is 3. The summed E-state index contributed by atoms with van der Waals surface area (Å²) < 4.78 is 0. The Hall–Kier alpha value is -3.07. The first-order valence-corrected chi connectivity index (χ1v) is 8.50. The molecule has 1 amide bonds. The molecule has 0 radical (unpaired) electrons. The van der Waals surface area contributed by atoms with Gasteiger partial charge in [-0.25, -0.2) is 0 Å². The number of amides is 1. The first kappa shape index (κ1) is 15.5. The third kappa shape index (κ3) is 2.89. The highest BCUT2D eigenvalue weighted by Gasteiger charge is 2.15. The van der Waals surface area contributed by atoms with Crippen LogP contribution in [0.5, 0.6) is 0 Å². The molecule has 124 valence electrons. The molecule has 0 spiro atoms. The van der Waals surface area contributed by atoms with Gasteiger partial charge in [0.2, 0.25) is 0 Å². The molecule has 1 aromatic heterocycles. The molecule has 0 fully saturated rings. The Morgan fingerprint density at radius 1 is 0.960 bits per heavy atom. The molecule has 3 aromatic carbocycles. The zero-order valence-electron chi connectivity index (χ0n) is 14.3. The normalized spacial score (nSPS) is 12.4. The fraction of sp³-hybridized carbons (Fsp3) is 0.136. The van der Waals surface area contributed by atoms with Crippen molar-refractivity contribution in [2.75, 3.05) is 0 Å². The lowest BCUT2D eigenvalue weighted by Gasteiger charge is -2.16. The largest absolute Gasteiger partial charge is 0.351 e. The number of hydrogen-bond acceptors (Lipinski definition) is 1. The summed E-state index contributed by atoms with van der Waals surface area (Å²) in [5.74, 6) is -0.0886. The average molecular weight is 328 g/mol. The van der Waals surface area contributed by atoms with Crippen LogP contribution in [0.1, 0.15) is 34.6 Å². The lowest BCUT2D eigenvalue weighted by Crippen LogP contribution is -2.27. The Labute approximate surface area is 146 Å². The first-order chi connectivity index (χ1) is 12.1. The van der Waals surface area contributed by atoms with Crippen LogP contribution in [0, 0.1) is 6.92 Å². The maximum atomic E-state index is 12.7. The van der Waals surface area contributed by atoms with E-state index in [1.807, 2.05) is 43.3 Å². The Kier molecular flexibility index (Phi) is 3.77. The quantitative estimate of drug-likeness (QED) is 0.538. The second-order valence-electron chi connectivity index (χ2n) is 6.54. The summed E-state index contributed by atoms with van der Waals surface area (Å²) in [6.45, 7) is 4.07. The molecule has 0 saturated heterocycles. The smallest absolute Gasteiger partial charge is 0.268 e. The second-order valence-corrected chi connectivity index (χ2v) is 6.54. The molecule has 1 unspecified atom stereocenters. The van der Waals surface area contributed by atoms with Gasteiger partial charge in [-0.05, 0) is 48.4 Å². The highest BCUT2D eigenvalue weighted by Crippen LogP contribution is 2.24. The summed E-state index contributed by atoms with van der Waals surface area (Å²) in [4.78, 5) is 15.9. The molecular weight excluding hydrogens is 308 g/mol. The number of aromatic nitrogens is 1. The molecule has 3 heteroatoms. The Morgan fingerprint density at radius 2 is 1.76 bits per heavy atom. The fourth-order valence-corrected chi connectivity index (χ4v) is 3.35. The van der Waals surface area contributed by atoms with Crippen molar-refractivity contribution in [1.29, 1.82) is 0 Å². The number of hydrogen-bond donors (Lipinski definition) is 2. The molecule has 0 aliphatic carbocycles. The summed E-state index contributed by atoms with van der Waals surface area (Å²) in [5, 5.41) is 6.52. The maximum absolute atomic E-state index is 12.7. The van der Waals surface area contributed by atoms with Gasteiger partial charge in [0.25, 0.3) is 5.91 Å². The van der Waals surface area contributed by atoms with E-state index >= 15 is 0 Å². The maximum Gasteiger partial charge on any atom is 0.268 e. The van der Waals surface area contributed by atoms with Crippen molar-refractivity contribution in [3.63, 3.8) is 0 Å². The number of benzene rings is 3. The van der Waals surface area contributed by atoms with Gasteiger partial charge in [0.1, 0.15) is 5.69 Å². The van der Waals surface area contributed by atoms with Gasteiger partial charge in [-0.3, -0.25) is 4.79 Å². The summed E-state index contributed by atoms with van der Waals surface area (Å²) in [7, 11) is 0. The van der Waals surface area contributed by atoms with Crippen LogP contribution in [0.25, 0.3) is 21.7 Å². The summed E-state index contributed by atoms with van der Waals surface area (Å²) in [6.07, 6.45) is 0. The Bertz CT molecular complexity index is 1070. The molecule has 0 saturated carbocycles. The number of nitrogens with one attached hydrogen (secondary N) is 2. The zero-order valence-corrected chi connectivity index (χ0v) is 14.3. The van der Waals surface area contributed by atoms with E-state index in [1.165, 1.54) is 16.3 Å². The molecule has 25 heavy (non-hydrogen) atoms. The number of aryl methyl sites for hydroxylation is 1. The summed E-state index contributed by atoms with van der Waals surface area (Å²) >= 11 is 0. The van der Waals surface area contributed by atoms with Crippen molar-refractivity contribution in [1.82, 2.24) is 10.3 Å². The molecule has 4 aromatic rings. The second kappa shape index (κ2) is 6.10. The number of carbonyl (C=O) groups is 1. The van der Waals surface area contributed by atoms with Gasteiger partial charge in [0, 0.05) is 10.9 Å². The molecule has 0 aliphatic heterocycles. The van der Waals surface area contributed by atoms with Crippen molar-refractivity contribution >= 4 is 27.6 Å². The van der Waals surface area contributed by atoms with Crippen LogP contribution >= 0.6 is 0 Å². The zero-order chi connectivity index (χ0) is 17.4. The molecule has 4 rings (SSSR count). The number of H-pyrrole nitrogens is 1. The topological polar surface area (TPSA) is 44.9 Å². The van der Waals surface area contributed by atoms with Crippen molar-refractivity contribution in [2.24, 2.45) is 0 Å². The van der Waals surface area contributed by atoms with Crippen LogP contribution in [0.3, 0.4) is 0 Å². The van der Waals surface area contributed by atoms with Crippen LogP contribution in [0.4, 0.5) is 0 Å². The van der Waals surface area contributed by atoms with E-state index < -0.39 is 0 Å². The molecule has 2 N–H and O–H groups in total. The Balaban J connectivity index is 1.62. The van der Waals surface area contributed by atoms with Crippen LogP contribution in [0.2, 0.25) is 0 Å². The minimum absolute atomic E-state index is 0.0771. The Morgan fingerprint density at radius 3 is 2.64 bits per heavy atom. The molecular formula is C22H20N2O. The highest BCUT2D eigenvalue weighted by molar-refractivity contribution is 5.98. The van der Waals surface area contributed by atoms with E-state index in [-0.39, 0.29) is 11.9 Å². The van der Waals surface area contributed by atoms with Crippen LogP contribution in [0.15, 0.2) is 66.7 Å². The third-order valence-electron chi connectivity index (χ3n) is 4.66. The third-order valence-corrected chi connectivity index (χ3v) is 4.66. The van der Waals surface area contributed by atoms with Gasteiger partial charge in [-0.15, -0.1) is 0 Å². The minimum atomic E-state index is -0.0886. The van der Waals surface area contributed by atoms with Gasteiger partial charge in [-0.1, -0.05) is 54.1 Å². The van der Waals surface area contributed by atoms with Crippen LogP contribution in [-0.2, 0) is 0 Å². The van der Waals surface area contributed by atoms with Gasteiger partial charge in [0.05, 0.1) is 6.04 Å². The summed E-state index contributed by atoms with van der Waals surface area (Å²) in [5.41, 5.74) is 3.88. The minimum Gasteiger partial charge on any atom is -0.351 e. The van der Waals surface area contributed by atoms with E-state index in [0.29, 0.717) is 5.69 Å². The highest BCUT2D eigenvalue weighted by atomic mass is 16.1. The van der Waals surface area contributed by atoms with Crippen LogP contribution in [-0.4, -0.2) is 10.9 Å². The van der Waals surface area contributed by atoms with Crippen molar-refractivity contribution in [3.8, 4) is 0 Å². The molecule has 1 atom stereocenters. The van der Waals surface area contributed by atoms with E-state index in [4.69, 9.17) is 0 Å². The van der Waals surface area contributed by atoms with E-state index in [0.717, 1.165) is 16.5 Å². The molecule has 3 nitrogen and oxygen atoms in total. The van der Waals surface area contributed by atoms with Crippen LogP contribution < -0.4 is 5.32 Å². The fourth-order valence-electron chi connectivity index (χ4n) is 3.35. The predicted octanol–water partition coefficient (Wildman–Crippen LogP) is 5.12. The SMILES string of the molecule is Cc1ccc2[nH]c(C(=O)NC(C)c3cccc4ccccc34)cc2c1. The predicted molar refractivity (Wildman–Crippen MR) is 103 cm³/mol. The van der Waals surface area contributed by atoms with E-state index in [2.05, 4.69) is 47.6 Å². The molecule has 0 bridgehead atoms. The standard InChI is InChI=1S/C22H20N2O/c1-14-10-11-20-17(12-14)13-21(24-20)22(25)23-15(2)18-9-5-7-16-6-3-4-8-19(16)18/h3-13,15,24H,1-2H3,(H,23,25). The number of fused-ring (bicyclic) bond motifs is 2. The van der Waals surface area contributed by atoms with Gasteiger partial charge >= 0.3 is 0 Å². The average Bonchev–Trinajstić information content (AvgIpc) is 3.04. The lowest BCUT2D eigenvalue weighted by atomic mass is 9.99. The summed E-state index contributed by atoms with van der Waals surface area (Å²) in [6, 6.07) is 22.4. The first-order valence-electron chi connectivity index (χ1n) is 8.50. The number of aromatic amines is 1. The van der Waals surface area contributed by atoms with E-state index in [1.54, 1.807) is 0 Å². The van der Waals surface area contributed by atoms with E-state index in [9.17, 15) is 4.79 Å².